The molecule has 1 aromatic carbocycles. The van der Waals surface area contributed by atoms with Crippen molar-refractivity contribution >= 4 is 50.7 Å². The van der Waals surface area contributed by atoms with Crippen molar-refractivity contribution in [1.29, 1.82) is 0 Å². The summed E-state index contributed by atoms with van der Waals surface area (Å²) in [6, 6.07) is 3.44. The van der Waals surface area contributed by atoms with Gasteiger partial charge in [0.2, 0.25) is 0 Å². The van der Waals surface area contributed by atoms with Crippen LogP contribution in [0.2, 0.25) is 15.2 Å². The number of halogens is 6. The molecule has 0 spiro atoms. The van der Waals surface area contributed by atoms with Crippen LogP contribution >= 0.6 is 34.8 Å². The Morgan fingerprint density at radius 3 is 2.44 bits per heavy atom. The van der Waals surface area contributed by atoms with E-state index in [2.05, 4.69) is 4.98 Å². The summed E-state index contributed by atoms with van der Waals surface area (Å²) in [5, 5.41) is -0.738. The Labute approximate surface area is 154 Å². The highest BCUT2D eigenvalue weighted by atomic mass is 35.5. The first-order valence-electron chi connectivity index (χ1n) is 6.20. The van der Waals surface area contributed by atoms with Crippen molar-refractivity contribution in [2.75, 3.05) is 0 Å². The molecule has 25 heavy (non-hydrogen) atoms. The van der Waals surface area contributed by atoms with E-state index in [0.717, 1.165) is 12.1 Å². The molecule has 0 saturated heterocycles. The highest BCUT2D eigenvalue weighted by Crippen LogP contribution is 2.26. The number of nitrogens with zero attached hydrogens (tertiary/aromatic N) is 2. The zero-order valence-corrected chi connectivity index (χ0v) is 14.9. The lowest BCUT2D eigenvalue weighted by atomic mass is 10.4. The van der Waals surface area contributed by atoms with Gasteiger partial charge in [-0.05, 0) is 18.2 Å². The van der Waals surface area contributed by atoms with Gasteiger partial charge in [-0.25, -0.2) is 18.1 Å². The van der Waals surface area contributed by atoms with Crippen molar-refractivity contribution in [2.45, 2.75) is 17.6 Å². The Bertz CT molecular complexity index is 929. The number of imidazole rings is 1. The fourth-order valence-electron chi connectivity index (χ4n) is 1.74. The van der Waals surface area contributed by atoms with Crippen molar-refractivity contribution in [3.63, 3.8) is 0 Å². The molecule has 1 heterocycles. The fourth-order valence-corrected chi connectivity index (χ4v) is 3.71. The maximum Gasteiger partial charge on any atom is 0.406 e. The summed E-state index contributed by atoms with van der Waals surface area (Å²) in [7, 11) is -4.42. The van der Waals surface area contributed by atoms with Crippen LogP contribution in [0.15, 0.2) is 29.4 Å². The van der Waals surface area contributed by atoms with Gasteiger partial charge in [-0.2, -0.15) is 13.2 Å². The SMILES string of the molecule is O=C(NS(=O)(=O)c1ccc(Cl)cc1Cl)c1ncn(CC(F)(F)F)c1Cl. The summed E-state index contributed by atoms with van der Waals surface area (Å²) >= 11 is 17.1. The second-order valence-corrected chi connectivity index (χ2v) is 7.49. The van der Waals surface area contributed by atoms with Gasteiger partial charge in [0.1, 0.15) is 16.6 Å². The molecule has 0 aliphatic heterocycles. The number of aromatic nitrogens is 2. The Kier molecular flexibility index (Phi) is 5.57. The molecule has 13 heteroatoms. The summed E-state index contributed by atoms with van der Waals surface area (Å²) in [6.45, 7) is -1.48. The molecule has 0 unspecified atom stereocenters. The van der Waals surface area contributed by atoms with Crippen LogP contribution < -0.4 is 4.72 Å². The highest BCUT2D eigenvalue weighted by molar-refractivity contribution is 7.90. The van der Waals surface area contributed by atoms with Gasteiger partial charge in [0.25, 0.3) is 15.9 Å². The molecule has 0 bridgehead atoms. The Morgan fingerprint density at radius 1 is 1.24 bits per heavy atom. The molecule has 1 N–H and O–H groups in total. The zero-order chi connectivity index (χ0) is 19.0. The summed E-state index contributed by atoms with van der Waals surface area (Å²) in [6.07, 6.45) is -3.92. The van der Waals surface area contributed by atoms with E-state index in [4.69, 9.17) is 34.8 Å². The average Bonchev–Trinajstić information content (AvgIpc) is 2.77. The van der Waals surface area contributed by atoms with Crippen LogP contribution in [0.25, 0.3) is 0 Å². The number of carbonyl (C=O) groups is 1. The molecule has 0 saturated carbocycles. The maximum atomic E-state index is 12.4. The van der Waals surface area contributed by atoms with E-state index in [9.17, 15) is 26.4 Å². The summed E-state index contributed by atoms with van der Waals surface area (Å²) in [4.78, 5) is 15.0. The van der Waals surface area contributed by atoms with Crippen LogP contribution in [0.5, 0.6) is 0 Å². The first-order chi connectivity index (χ1) is 11.4. The van der Waals surface area contributed by atoms with Crippen LogP contribution in [0, 0.1) is 0 Å². The minimum atomic E-state index is -4.60. The molecule has 6 nitrogen and oxygen atoms in total. The van der Waals surface area contributed by atoms with E-state index in [-0.39, 0.29) is 10.0 Å². The first kappa shape index (κ1) is 19.8. The third kappa shape index (κ3) is 4.78. The standard InChI is InChI=1S/C12H7Cl3F3N3O3S/c13-6-1-2-8(7(14)3-6)25(23,24)20-11(22)9-10(15)21(5-19-9)4-12(16,17)18/h1-3,5H,4H2,(H,20,22). The molecule has 2 aromatic rings. The van der Waals surface area contributed by atoms with Gasteiger partial charge in [-0.15, -0.1) is 0 Å². The van der Waals surface area contributed by atoms with Gasteiger partial charge < -0.3 is 4.57 Å². The van der Waals surface area contributed by atoms with Crippen LogP contribution in [0.1, 0.15) is 10.5 Å². The molecular weight excluding hydrogens is 430 g/mol. The zero-order valence-electron chi connectivity index (χ0n) is 11.8. The van der Waals surface area contributed by atoms with Crippen molar-refractivity contribution in [3.8, 4) is 0 Å². The minimum Gasteiger partial charge on any atom is -0.312 e. The molecule has 1 aromatic heterocycles. The fraction of sp³-hybridized carbons (Fsp3) is 0.167. The number of hydrogen-bond donors (Lipinski definition) is 1. The minimum absolute atomic E-state index is 0.171. The Balaban J connectivity index is 2.27. The van der Waals surface area contributed by atoms with Crippen molar-refractivity contribution in [1.82, 2.24) is 14.3 Å². The van der Waals surface area contributed by atoms with Crippen LogP contribution in [-0.2, 0) is 16.6 Å². The number of carbonyl (C=O) groups excluding carboxylic acids is 1. The Hall–Kier alpha value is -1.49. The molecule has 0 radical (unpaired) electrons. The lowest BCUT2D eigenvalue weighted by Gasteiger charge is -2.09. The number of nitrogens with one attached hydrogen (secondary N) is 1. The largest absolute Gasteiger partial charge is 0.406 e. The Morgan fingerprint density at radius 2 is 1.88 bits per heavy atom. The van der Waals surface area contributed by atoms with Gasteiger partial charge in [0, 0.05) is 5.02 Å². The van der Waals surface area contributed by atoms with Crippen LogP contribution in [0.4, 0.5) is 13.2 Å². The van der Waals surface area contributed by atoms with Gasteiger partial charge in [0.15, 0.2) is 5.69 Å². The first-order valence-corrected chi connectivity index (χ1v) is 8.82. The van der Waals surface area contributed by atoms with Crippen LogP contribution in [-0.4, -0.2) is 30.1 Å². The highest BCUT2D eigenvalue weighted by Gasteiger charge is 2.31. The predicted molar refractivity (Wildman–Crippen MR) is 84.4 cm³/mol. The molecule has 2 rings (SSSR count). The van der Waals surface area contributed by atoms with E-state index in [1.165, 1.54) is 6.07 Å². The van der Waals surface area contributed by atoms with Gasteiger partial charge in [-0.1, -0.05) is 34.8 Å². The van der Waals surface area contributed by atoms with E-state index >= 15 is 0 Å². The second-order valence-electron chi connectivity index (χ2n) is 4.64. The van der Waals surface area contributed by atoms with Gasteiger partial charge in [-0.3, -0.25) is 4.79 Å². The number of benzene rings is 1. The van der Waals surface area contributed by atoms with Gasteiger partial charge >= 0.3 is 6.18 Å². The monoisotopic (exact) mass is 435 g/mol. The van der Waals surface area contributed by atoms with Gasteiger partial charge in [0.05, 0.1) is 11.3 Å². The van der Waals surface area contributed by atoms with E-state index < -0.39 is 44.4 Å². The third-order valence-corrected chi connectivity index (χ3v) is 5.19. The second kappa shape index (κ2) is 7.02. The normalized spacial score (nSPS) is 12.2. The van der Waals surface area contributed by atoms with Crippen molar-refractivity contribution < 1.29 is 26.4 Å². The molecule has 1 amide bonds. The number of sulfonamides is 1. The number of amides is 1. The summed E-state index contributed by atoms with van der Waals surface area (Å²) < 4.78 is 63.6. The topological polar surface area (TPSA) is 81.1 Å². The van der Waals surface area contributed by atoms with Crippen molar-refractivity contribution in [3.05, 3.63) is 45.4 Å². The number of hydrogen-bond acceptors (Lipinski definition) is 4. The van der Waals surface area contributed by atoms with E-state index in [1.54, 1.807) is 4.72 Å². The predicted octanol–water partition coefficient (Wildman–Crippen LogP) is 3.52. The molecule has 136 valence electrons. The lowest BCUT2D eigenvalue weighted by Crippen LogP contribution is -2.31. The molecule has 0 atom stereocenters. The number of alkyl halides is 3. The van der Waals surface area contributed by atoms with Crippen molar-refractivity contribution in [2.24, 2.45) is 0 Å². The number of rotatable bonds is 4. The van der Waals surface area contributed by atoms with Crippen LogP contribution in [0.3, 0.4) is 0 Å². The maximum absolute atomic E-state index is 12.4. The molecular formula is C12H7Cl3F3N3O3S. The molecule has 0 fully saturated rings. The average molecular weight is 437 g/mol. The molecule has 0 aliphatic carbocycles. The third-order valence-electron chi connectivity index (χ3n) is 2.75. The van der Waals surface area contributed by atoms with E-state index in [0.29, 0.717) is 10.9 Å². The quantitative estimate of drug-likeness (QED) is 0.795. The summed E-state index contributed by atoms with van der Waals surface area (Å²) in [5.41, 5.74) is -0.681. The smallest absolute Gasteiger partial charge is 0.312 e. The molecule has 0 aliphatic rings. The van der Waals surface area contributed by atoms with E-state index in [1.807, 2.05) is 0 Å². The lowest BCUT2D eigenvalue weighted by molar-refractivity contribution is -0.140. The summed E-state index contributed by atoms with van der Waals surface area (Å²) in [5.74, 6) is -1.31.